The molecule has 1 N–H and O–H groups in total. The van der Waals surface area contributed by atoms with Crippen LogP contribution in [0.25, 0.3) is 5.52 Å². The number of carbonyl (C=O) groups is 1. The van der Waals surface area contributed by atoms with Crippen LogP contribution in [-0.2, 0) is 5.41 Å². The molecule has 0 spiro atoms. The van der Waals surface area contributed by atoms with Crippen LogP contribution in [-0.4, -0.2) is 21.8 Å². The minimum atomic E-state index is -0.103. The summed E-state index contributed by atoms with van der Waals surface area (Å²) in [7, 11) is 0. The standard InChI is InChI=1S/C18H25N3O/c1-18(2,3)17-20-15(14-10-6-7-11-21(14)17)16(22)19-12-13-8-4-5-9-13/h6-7,10-11,13H,4-5,8-9,12H2,1-3H3,(H,19,22). The van der Waals surface area contributed by atoms with E-state index in [9.17, 15) is 4.79 Å². The third-order valence-electron chi connectivity index (χ3n) is 4.46. The van der Waals surface area contributed by atoms with Gasteiger partial charge in [-0.15, -0.1) is 0 Å². The monoisotopic (exact) mass is 299 g/mol. The molecule has 0 bridgehead atoms. The van der Waals surface area contributed by atoms with Crippen LogP contribution in [0.15, 0.2) is 24.4 Å². The lowest BCUT2D eigenvalue weighted by Crippen LogP contribution is -2.29. The van der Waals surface area contributed by atoms with Crippen LogP contribution < -0.4 is 5.32 Å². The number of pyridine rings is 1. The molecule has 1 fully saturated rings. The Kier molecular flexibility index (Phi) is 3.94. The van der Waals surface area contributed by atoms with Crippen molar-refractivity contribution < 1.29 is 4.79 Å². The van der Waals surface area contributed by atoms with E-state index in [0.29, 0.717) is 11.6 Å². The van der Waals surface area contributed by atoms with E-state index in [1.807, 2.05) is 28.8 Å². The van der Waals surface area contributed by atoms with Crippen LogP contribution in [0.1, 0.15) is 62.8 Å². The van der Waals surface area contributed by atoms with Gasteiger partial charge in [0, 0.05) is 18.2 Å². The van der Waals surface area contributed by atoms with Crippen molar-refractivity contribution in [1.29, 1.82) is 0 Å². The maximum Gasteiger partial charge on any atom is 0.272 e. The predicted octanol–water partition coefficient (Wildman–Crippen LogP) is 3.55. The molecule has 2 aromatic rings. The number of carbonyl (C=O) groups excluding carboxylic acids is 1. The topological polar surface area (TPSA) is 46.4 Å². The lowest BCUT2D eigenvalue weighted by atomic mass is 9.96. The summed E-state index contributed by atoms with van der Waals surface area (Å²) in [6.45, 7) is 7.13. The van der Waals surface area contributed by atoms with Crippen molar-refractivity contribution in [3.05, 3.63) is 35.9 Å². The Balaban J connectivity index is 1.88. The summed E-state index contributed by atoms with van der Waals surface area (Å²) in [4.78, 5) is 17.2. The fourth-order valence-electron chi connectivity index (χ4n) is 3.27. The normalized spacial score (nSPS) is 16.3. The van der Waals surface area contributed by atoms with E-state index >= 15 is 0 Å². The van der Waals surface area contributed by atoms with Crippen molar-refractivity contribution in [2.24, 2.45) is 5.92 Å². The van der Waals surface area contributed by atoms with Crippen LogP contribution in [0.5, 0.6) is 0 Å². The van der Waals surface area contributed by atoms with Crippen LogP contribution in [0.2, 0.25) is 0 Å². The summed E-state index contributed by atoms with van der Waals surface area (Å²) >= 11 is 0. The van der Waals surface area contributed by atoms with E-state index in [2.05, 4.69) is 31.1 Å². The molecule has 22 heavy (non-hydrogen) atoms. The number of rotatable bonds is 3. The summed E-state index contributed by atoms with van der Waals surface area (Å²) in [5.41, 5.74) is 1.33. The molecule has 1 saturated carbocycles. The fourth-order valence-corrected chi connectivity index (χ4v) is 3.27. The molecule has 0 saturated heterocycles. The first-order valence-electron chi connectivity index (χ1n) is 8.22. The van der Waals surface area contributed by atoms with E-state index in [0.717, 1.165) is 17.9 Å². The minimum Gasteiger partial charge on any atom is -0.350 e. The van der Waals surface area contributed by atoms with Crippen LogP contribution in [0, 0.1) is 5.92 Å². The summed E-state index contributed by atoms with van der Waals surface area (Å²) < 4.78 is 2.03. The number of fused-ring (bicyclic) bond motifs is 1. The predicted molar refractivity (Wildman–Crippen MR) is 88.2 cm³/mol. The van der Waals surface area contributed by atoms with Gasteiger partial charge in [0.05, 0.1) is 5.52 Å². The molecular weight excluding hydrogens is 274 g/mol. The number of hydrogen-bond acceptors (Lipinski definition) is 2. The van der Waals surface area contributed by atoms with Gasteiger partial charge in [0.1, 0.15) is 5.82 Å². The van der Waals surface area contributed by atoms with Crippen LogP contribution in [0.4, 0.5) is 0 Å². The van der Waals surface area contributed by atoms with Gasteiger partial charge >= 0.3 is 0 Å². The van der Waals surface area contributed by atoms with Crippen LogP contribution >= 0.6 is 0 Å². The molecule has 4 nitrogen and oxygen atoms in total. The van der Waals surface area contributed by atoms with Crippen molar-refractivity contribution in [3.8, 4) is 0 Å². The average Bonchev–Trinajstić information content (AvgIpc) is 3.11. The maximum absolute atomic E-state index is 12.6. The molecule has 1 aliphatic rings. The first-order chi connectivity index (χ1) is 10.5. The highest BCUT2D eigenvalue weighted by molar-refractivity contribution is 5.99. The molecule has 0 aliphatic heterocycles. The number of nitrogens with zero attached hydrogens (tertiary/aromatic N) is 2. The second-order valence-corrected chi connectivity index (χ2v) is 7.35. The molecular formula is C18H25N3O. The molecule has 1 aliphatic carbocycles. The largest absolute Gasteiger partial charge is 0.350 e. The van der Waals surface area contributed by atoms with E-state index in [1.54, 1.807) is 0 Å². The van der Waals surface area contributed by atoms with Crippen LogP contribution in [0.3, 0.4) is 0 Å². The second kappa shape index (κ2) is 5.75. The Bertz CT molecular complexity index is 675. The lowest BCUT2D eigenvalue weighted by Gasteiger charge is -2.16. The SMILES string of the molecule is CC(C)(C)c1nc(C(=O)NCC2CCCC2)c2ccccn12. The summed E-state index contributed by atoms with van der Waals surface area (Å²) in [6, 6.07) is 5.90. The van der Waals surface area contributed by atoms with E-state index in [-0.39, 0.29) is 11.3 Å². The molecule has 1 amide bonds. The third-order valence-corrected chi connectivity index (χ3v) is 4.46. The summed E-state index contributed by atoms with van der Waals surface area (Å²) in [5.74, 6) is 1.51. The lowest BCUT2D eigenvalue weighted by molar-refractivity contribution is 0.0944. The van der Waals surface area contributed by atoms with Gasteiger partial charge in [-0.05, 0) is 30.9 Å². The van der Waals surface area contributed by atoms with Gasteiger partial charge in [0.15, 0.2) is 5.69 Å². The average molecular weight is 299 g/mol. The first-order valence-corrected chi connectivity index (χ1v) is 8.22. The molecule has 2 aromatic heterocycles. The van der Waals surface area contributed by atoms with Gasteiger partial charge in [0.25, 0.3) is 5.91 Å². The minimum absolute atomic E-state index is 0.0499. The zero-order valence-corrected chi connectivity index (χ0v) is 13.7. The smallest absolute Gasteiger partial charge is 0.272 e. The van der Waals surface area contributed by atoms with Crippen molar-refractivity contribution in [3.63, 3.8) is 0 Å². The van der Waals surface area contributed by atoms with Crippen molar-refractivity contribution in [2.45, 2.75) is 51.9 Å². The first kappa shape index (κ1) is 15.1. The molecule has 0 unspecified atom stereocenters. The highest BCUT2D eigenvalue weighted by atomic mass is 16.1. The highest BCUT2D eigenvalue weighted by Crippen LogP contribution is 2.26. The van der Waals surface area contributed by atoms with Gasteiger partial charge in [-0.3, -0.25) is 4.79 Å². The molecule has 4 heteroatoms. The zero-order chi connectivity index (χ0) is 15.7. The van der Waals surface area contributed by atoms with Gasteiger partial charge in [0.2, 0.25) is 0 Å². The van der Waals surface area contributed by atoms with Gasteiger partial charge in [-0.25, -0.2) is 4.98 Å². The molecule has 118 valence electrons. The van der Waals surface area contributed by atoms with Gasteiger partial charge in [-0.2, -0.15) is 0 Å². The molecule has 0 radical (unpaired) electrons. The number of hydrogen-bond donors (Lipinski definition) is 1. The zero-order valence-electron chi connectivity index (χ0n) is 13.7. The third kappa shape index (κ3) is 2.87. The quantitative estimate of drug-likeness (QED) is 0.942. The van der Waals surface area contributed by atoms with E-state index < -0.39 is 0 Å². The molecule has 3 rings (SSSR count). The van der Waals surface area contributed by atoms with Gasteiger partial charge < -0.3 is 9.72 Å². The Morgan fingerprint density at radius 3 is 2.73 bits per heavy atom. The Hall–Kier alpha value is -1.84. The molecule has 0 atom stereocenters. The number of amides is 1. The second-order valence-electron chi connectivity index (χ2n) is 7.35. The highest BCUT2D eigenvalue weighted by Gasteiger charge is 2.25. The number of aromatic nitrogens is 2. The Morgan fingerprint density at radius 2 is 2.05 bits per heavy atom. The molecule has 0 aromatic carbocycles. The Morgan fingerprint density at radius 1 is 1.32 bits per heavy atom. The number of nitrogens with one attached hydrogen (secondary N) is 1. The Labute approximate surface area is 131 Å². The summed E-state index contributed by atoms with van der Waals surface area (Å²) in [5, 5.41) is 3.08. The maximum atomic E-state index is 12.6. The fraction of sp³-hybridized carbons (Fsp3) is 0.556. The molecule has 2 heterocycles. The van der Waals surface area contributed by atoms with Crippen molar-refractivity contribution in [2.75, 3.05) is 6.54 Å². The van der Waals surface area contributed by atoms with Crippen molar-refractivity contribution >= 4 is 11.4 Å². The van der Waals surface area contributed by atoms with Gasteiger partial charge in [-0.1, -0.05) is 39.7 Å². The van der Waals surface area contributed by atoms with E-state index in [1.165, 1.54) is 25.7 Å². The number of imidazole rings is 1. The summed E-state index contributed by atoms with van der Waals surface area (Å²) in [6.07, 6.45) is 7.04. The van der Waals surface area contributed by atoms with Crippen molar-refractivity contribution in [1.82, 2.24) is 14.7 Å². The van der Waals surface area contributed by atoms with E-state index in [4.69, 9.17) is 0 Å².